The van der Waals surface area contributed by atoms with E-state index in [1.165, 1.54) is 5.56 Å². The lowest BCUT2D eigenvalue weighted by atomic mass is 9.93. The van der Waals surface area contributed by atoms with Crippen LogP contribution in [0, 0.1) is 0 Å². The summed E-state index contributed by atoms with van der Waals surface area (Å²) in [6.07, 6.45) is 2.66. The van der Waals surface area contributed by atoms with Gasteiger partial charge in [0.25, 0.3) is 0 Å². The fraction of sp³-hybridized carbons (Fsp3) is 0.364. The fourth-order valence-electron chi connectivity index (χ4n) is 2.10. The Kier molecular flexibility index (Phi) is 1.40. The van der Waals surface area contributed by atoms with Gasteiger partial charge >= 0.3 is 0 Å². The minimum atomic E-state index is -0.277. The third kappa shape index (κ3) is 1.02. The molecule has 2 bridgehead atoms. The van der Waals surface area contributed by atoms with Crippen LogP contribution in [0.5, 0.6) is 5.75 Å². The molecular formula is C11H12N2O. The van der Waals surface area contributed by atoms with Gasteiger partial charge in [0.05, 0.1) is 12.4 Å². The van der Waals surface area contributed by atoms with E-state index in [0.717, 1.165) is 12.2 Å². The molecule has 3 heteroatoms. The molecule has 3 nitrogen and oxygen atoms in total. The first kappa shape index (κ1) is 7.85. The second-order valence-electron chi connectivity index (χ2n) is 4.01. The van der Waals surface area contributed by atoms with Crippen LogP contribution in [-0.4, -0.2) is 12.1 Å². The Labute approximate surface area is 82.8 Å². The van der Waals surface area contributed by atoms with Crippen molar-refractivity contribution < 1.29 is 4.74 Å². The maximum Gasteiger partial charge on any atom is 0.180 e. The summed E-state index contributed by atoms with van der Waals surface area (Å²) in [5, 5.41) is 3.15. The molecular weight excluding hydrogens is 176 g/mol. The number of rotatable bonds is 0. The number of benzene rings is 1. The summed E-state index contributed by atoms with van der Waals surface area (Å²) in [5.41, 5.74) is 0.920. The smallest absolute Gasteiger partial charge is 0.180 e. The number of nitrogens with one attached hydrogen (secondary N) is 1. The average molecular weight is 188 g/mol. The van der Waals surface area contributed by atoms with Gasteiger partial charge in [-0.15, -0.1) is 0 Å². The summed E-state index contributed by atoms with van der Waals surface area (Å²) in [5.74, 6) is 0.954. The Morgan fingerprint density at radius 3 is 3.29 bits per heavy atom. The minimum Gasteiger partial charge on any atom is -0.468 e. The first-order chi connectivity index (χ1) is 6.77. The Morgan fingerprint density at radius 2 is 2.36 bits per heavy atom. The number of aliphatic imine (C=N–C) groups is 1. The maximum atomic E-state index is 5.89. The largest absolute Gasteiger partial charge is 0.468 e. The number of nitrogens with zero attached hydrogens (tertiary/aromatic N) is 1. The lowest BCUT2D eigenvalue weighted by Crippen LogP contribution is -2.52. The zero-order valence-corrected chi connectivity index (χ0v) is 8.03. The van der Waals surface area contributed by atoms with Gasteiger partial charge in [0.2, 0.25) is 0 Å². The zero-order chi connectivity index (χ0) is 9.60. The Bertz CT molecular complexity index is 402. The predicted octanol–water partition coefficient (Wildman–Crippen LogP) is 1.86. The summed E-state index contributed by atoms with van der Waals surface area (Å²) in [7, 11) is 0. The fourth-order valence-corrected chi connectivity index (χ4v) is 2.10. The van der Waals surface area contributed by atoms with E-state index in [2.05, 4.69) is 23.3 Å². The minimum absolute atomic E-state index is 0.256. The monoisotopic (exact) mass is 188 g/mol. The highest BCUT2D eigenvalue weighted by atomic mass is 16.5. The quantitative estimate of drug-likeness (QED) is 0.674. The van der Waals surface area contributed by atoms with Crippen molar-refractivity contribution in [3.05, 3.63) is 29.8 Å². The van der Waals surface area contributed by atoms with Gasteiger partial charge in [-0.2, -0.15) is 0 Å². The molecule has 2 aliphatic rings. The molecule has 0 unspecified atom stereocenters. The summed E-state index contributed by atoms with van der Waals surface area (Å²) in [6.45, 7) is 2.06. The van der Waals surface area contributed by atoms with E-state index < -0.39 is 0 Å². The van der Waals surface area contributed by atoms with Crippen LogP contribution in [-0.2, 0) is 0 Å². The summed E-state index contributed by atoms with van der Waals surface area (Å²) >= 11 is 0. The van der Waals surface area contributed by atoms with Crippen LogP contribution >= 0.6 is 0 Å². The Morgan fingerprint density at radius 1 is 1.50 bits per heavy atom. The highest BCUT2D eigenvalue weighted by molar-refractivity contribution is 5.59. The first-order valence-corrected chi connectivity index (χ1v) is 4.84. The molecule has 0 saturated carbocycles. The van der Waals surface area contributed by atoms with Gasteiger partial charge in [0.1, 0.15) is 5.75 Å². The Balaban J connectivity index is 2.15. The molecule has 0 saturated heterocycles. The van der Waals surface area contributed by atoms with Crippen molar-refractivity contribution >= 4 is 6.34 Å². The Hall–Kier alpha value is -1.51. The van der Waals surface area contributed by atoms with Crippen molar-refractivity contribution in [2.45, 2.75) is 25.1 Å². The molecule has 0 spiro atoms. The van der Waals surface area contributed by atoms with E-state index in [9.17, 15) is 0 Å². The normalized spacial score (nSPS) is 32.8. The molecule has 14 heavy (non-hydrogen) atoms. The second-order valence-corrected chi connectivity index (χ2v) is 4.01. The van der Waals surface area contributed by atoms with Gasteiger partial charge in [-0.25, -0.2) is 0 Å². The third-order valence-electron chi connectivity index (χ3n) is 2.82. The molecule has 1 aromatic carbocycles. The molecule has 0 aromatic heterocycles. The number of ether oxygens (including phenoxy) is 1. The van der Waals surface area contributed by atoms with Crippen LogP contribution in [0.1, 0.15) is 24.9 Å². The standard InChI is InChI=1S/C11H12N2O/c1-11-6-9(12-7-13-11)8-4-2-3-5-10(8)14-11/h2-5,7,9H,6H2,1H3,(H,12,13)/t9-,11-/m1/s1. The van der Waals surface area contributed by atoms with E-state index >= 15 is 0 Å². The van der Waals surface area contributed by atoms with Crippen LogP contribution < -0.4 is 10.1 Å². The summed E-state index contributed by atoms with van der Waals surface area (Å²) < 4.78 is 5.89. The van der Waals surface area contributed by atoms with Gasteiger partial charge in [0, 0.05) is 12.0 Å². The first-order valence-electron chi connectivity index (χ1n) is 4.84. The van der Waals surface area contributed by atoms with Crippen LogP contribution in [0.3, 0.4) is 0 Å². The molecule has 2 aliphatic heterocycles. The van der Waals surface area contributed by atoms with Crippen LogP contribution in [0.4, 0.5) is 0 Å². The van der Waals surface area contributed by atoms with Crippen LogP contribution in [0.25, 0.3) is 0 Å². The number of hydrogen-bond donors (Lipinski definition) is 1. The van der Waals surface area contributed by atoms with Crippen LogP contribution in [0.15, 0.2) is 29.3 Å². The van der Waals surface area contributed by atoms with Crippen molar-refractivity contribution in [3.63, 3.8) is 0 Å². The summed E-state index contributed by atoms with van der Waals surface area (Å²) in [4.78, 5) is 4.42. The lowest BCUT2D eigenvalue weighted by Gasteiger charge is -2.41. The van der Waals surface area contributed by atoms with Crippen molar-refractivity contribution in [3.8, 4) is 5.75 Å². The molecule has 1 N–H and O–H groups in total. The number of para-hydroxylation sites is 1. The lowest BCUT2D eigenvalue weighted by molar-refractivity contribution is 0.0348. The topological polar surface area (TPSA) is 33.6 Å². The van der Waals surface area contributed by atoms with Gasteiger partial charge in [-0.1, -0.05) is 18.2 Å². The molecule has 2 heterocycles. The maximum absolute atomic E-state index is 5.89. The van der Waals surface area contributed by atoms with E-state index in [4.69, 9.17) is 4.74 Å². The van der Waals surface area contributed by atoms with Gasteiger partial charge < -0.3 is 10.1 Å². The van der Waals surface area contributed by atoms with Crippen LogP contribution in [0.2, 0.25) is 0 Å². The zero-order valence-electron chi connectivity index (χ0n) is 8.03. The second kappa shape index (κ2) is 2.50. The molecule has 0 fully saturated rings. The average Bonchev–Trinajstić information content (AvgIpc) is 2.17. The van der Waals surface area contributed by atoms with E-state index in [1.54, 1.807) is 6.34 Å². The molecule has 0 radical (unpaired) electrons. The van der Waals surface area contributed by atoms with E-state index in [1.807, 2.05) is 18.2 Å². The predicted molar refractivity (Wildman–Crippen MR) is 54.5 cm³/mol. The SMILES string of the molecule is C[C@@]12C[C@@H](N=CN1)c1ccccc1O2. The van der Waals surface area contributed by atoms with Gasteiger partial charge in [0.15, 0.2) is 5.72 Å². The highest BCUT2D eigenvalue weighted by Gasteiger charge is 2.38. The van der Waals surface area contributed by atoms with E-state index in [-0.39, 0.29) is 11.8 Å². The molecule has 3 rings (SSSR count). The van der Waals surface area contributed by atoms with E-state index in [0.29, 0.717) is 0 Å². The van der Waals surface area contributed by atoms with Crippen molar-refractivity contribution in [1.29, 1.82) is 0 Å². The molecule has 1 aromatic rings. The molecule has 0 amide bonds. The van der Waals surface area contributed by atoms with Gasteiger partial charge in [-0.3, -0.25) is 4.99 Å². The molecule has 0 aliphatic carbocycles. The molecule has 2 atom stereocenters. The van der Waals surface area contributed by atoms with Crippen molar-refractivity contribution in [2.24, 2.45) is 4.99 Å². The van der Waals surface area contributed by atoms with Gasteiger partial charge in [-0.05, 0) is 13.0 Å². The number of fused-ring (bicyclic) bond motifs is 4. The highest BCUT2D eigenvalue weighted by Crippen LogP contribution is 2.41. The third-order valence-corrected chi connectivity index (χ3v) is 2.82. The summed E-state index contributed by atoms with van der Waals surface area (Å²) in [6, 6.07) is 8.37. The molecule has 72 valence electrons. The number of hydrogen-bond acceptors (Lipinski definition) is 3. The van der Waals surface area contributed by atoms with Crippen molar-refractivity contribution in [2.75, 3.05) is 0 Å². The van der Waals surface area contributed by atoms with Crippen molar-refractivity contribution in [1.82, 2.24) is 5.32 Å².